The summed E-state index contributed by atoms with van der Waals surface area (Å²) in [6.45, 7) is 3.17. The standard InChI is InChI=1S/C18H22N2O2/c21-18-15(11-19-12-16-7-3-9-22-16)10-14-5-1-4-13-6-2-8-20(18)17(13)14/h1,4-5,10,16,19H,2-3,6-9,11-12H2. The van der Waals surface area contributed by atoms with E-state index < -0.39 is 0 Å². The second kappa shape index (κ2) is 5.86. The summed E-state index contributed by atoms with van der Waals surface area (Å²) in [4.78, 5) is 12.7. The van der Waals surface area contributed by atoms with Crippen LogP contribution in [0.1, 0.15) is 30.4 Å². The molecule has 0 radical (unpaired) electrons. The maximum atomic E-state index is 12.7. The van der Waals surface area contributed by atoms with Gasteiger partial charge < -0.3 is 14.6 Å². The van der Waals surface area contributed by atoms with Gasteiger partial charge in [0.15, 0.2) is 0 Å². The Balaban J connectivity index is 1.61. The molecule has 1 aromatic heterocycles. The van der Waals surface area contributed by atoms with Gasteiger partial charge in [-0.3, -0.25) is 4.79 Å². The van der Waals surface area contributed by atoms with Crippen molar-refractivity contribution >= 4 is 10.9 Å². The lowest BCUT2D eigenvalue weighted by Gasteiger charge is -2.20. The number of pyridine rings is 1. The summed E-state index contributed by atoms with van der Waals surface area (Å²) in [6, 6.07) is 8.42. The maximum absolute atomic E-state index is 12.7. The number of benzene rings is 1. The van der Waals surface area contributed by atoms with E-state index in [0.29, 0.717) is 12.6 Å². The molecule has 2 aromatic rings. The van der Waals surface area contributed by atoms with Crippen molar-refractivity contribution in [3.8, 4) is 0 Å². The van der Waals surface area contributed by atoms with Gasteiger partial charge in [-0.1, -0.05) is 18.2 Å². The summed E-state index contributed by atoms with van der Waals surface area (Å²) >= 11 is 0. The molecule has 1 N–H and O–H groups in total. The second-order valence-corrected chi connectivity index (χ2v) is 6.35. The zero-order valence-corrected chi connectivity index (χ0v) is 12.8. The van der Waals surface area contributed by atoms with E-state index in [1.807, 2.05) is 4.57 Å². The van der Waals surface area contributed by atoms with E-state index in [-0.39, 0.29) is 5.56 Å². The van der Waals surface area contributed by atoms with Crippen molar-refractivity contribution in [2.24, 2.45) is 0 Å². The van der Waals surface area contributed by atoms with Crippen LogP contribution in [0, 0.1) is 0 Å². The molecule has 22 heavy (non-hydrogen) atoms. The summed E-state index contributed by atoms with van der Waals surface area (Å²) in [6.07, 6.45) is 4.72. The van der Waals surface area contributed by atoms with Crippen molar-refractivity contribution in [2.45, 2.75) is 44.9 Å². The van der Waals surface area contributed by atoms with Gasteiger partial charge in [-0.2, -0.15) is 0 Å². The molecular formula is C18H22N2O2. The Kier molecular flexibility index (Phi) is 3.72. The van der Waals surface area contributed by atoms with Crippen molar-refractivity contribution in [3.05, 3.63) is 45.7 Å². The molecule has 0 amide bonds. The molecule has 0 spiro atoms. The molecule has 1 aromatic carbocycles. The van der Waals surface area contributed by atoms with Crippen LogP contribution in [0.5, 0.6) is 0 Å². The van der Waals surface area contributed by atoms with E-state index in [9.17, 15) is 4.79 Å². The number of rotatable bonds is 4. The third-order valence-electron chi connectivity index (χ3n) is 4.81. The predicted octanol–water partition coefficient (Wildman–Crippen LogP) is 2.22. The van der Waals surface area contributed by atoms with Crippen LogP contribution in [0.15, 0.2) is 29.1 Å². The first kappa shape index (κ1) is 14.0. The number of nitrogens with zero attached hydrogens (tertiary/aromatic N) is 1. The number of aryl methyl sites for hydroxylation is 2. The van der Waals surface area contributed by atoms with Crippen molar-refractivity contribution in [3.63, 3.8) is 0 Å². The summed E-state index contributed by atoms with van der Waals surface area (Å²) in [5.41, 5.74) is 3.48. The van der Waals surface area contributed by atoms with Crippen molar-refractivity contribution in [1.29, 1.82) is 0 Å². The number of nitrogens with one attached hydrogen (secondary N) is 1. The first-order chi connectivity index (χ1) is 10.8. The van der Waals surface area contributed by atoms with E-state index in [4.69, 9.17) is 4.74 Å². The SMILES string of the molecule is O=c1c(CNCC2CCCO2)cc2cccc3c2n1CCC3. The highest BCUT2D eigenvalue weighted by molar-refractivity contribution is 5.83. The predicted molar refractivity (Wildman–Crippen MR) is 87.2 cm³/mol. The normalized spacial score (nSPS) is 20.6. The van der Waals surface area contributed by atoms with Gasteiger partial charge in [0.1, 0.15) is 0 Å². The van der Waals surface area contributed by atoms with Crippen LogP contribution in [-0.2, 0) is 24.2 Å². The van der Waals surface area contributed by atoms with Gasteiger partial charge in [0, 0.05) is 31.8 Å². The van der Waals surface area contributed by atoms with Crippen molar-refractivity contribution in [2.75, 3.05) is 13.2 Å². The molecule has 1 fully saturated rings. The van der Waals surface area contributed by atoms with Crippen molar-refractivity contribution in [1.82, 2.24) is 9.88 Å². The molecule has 0 bridgehead atoms. The minimum Gasteiger partial charge on any atom is -0.377 e. The van der Waals surface area contributed by atoms with Gasteiger partial charge in [-0.05, 0) is 42.7 Å². The highest BCUT2D eigenvalue weighted by Gasteiger charge is 2.17. The molecule has 1 unspecified atom stereocenters. The average molecular weight is 298 g/mol. The van der Waals surface area contributed by atoms with Crippen LogP contribution in [0.3, 0.4) is 0 Å². The maximum Gasteiger partial charge on any atom is 0.255 e. The Hall–Kier alpha value is -1.65. The first-order valence-electron chi connectivity index (χ1n) is 8.29. The Labute approximate surface area is 130 Å². The van der Waals surface area contributed by atoms with Gasteiger partial charge in [0.25, 0.3) is 5.56 Å². The minimum absolute atomic E-state index is 0.166. The number of ether oxygens (including phenoxy) is 1. The number of hydrogen-bond acceptors (Lipinski definition) is 3. The fraction of sp³-hybridized carbons (Fsp3) is 0.500. The zero-order valence-electron chi connectivity index (χ0n) is 12.8. The monoisotopic (exact) mass is 298 g/mol. The van der Waals surface area contributed by atoms with E-state index in [0.717, 1.165) is 56.5 Å². The van der Waals surface area contributed by atoms with E-state index in [2.05, 4.69) is 29.6 Å². The molecule has 4 heteroatoms. The summed E-state index contributed by atoms with van der Waals surface area (Å²) in [7, 11) is 0. The lowest BCUT2D eigenvalue weighted by atomic mass is 10.00. The van der Waals surface area contributed by atoms with Gasteiger partial charge in [-0.15, -0.1) is 0 Å². The summed E-state index contributed by atoms with van der Waals surface area (Å²) < 4.78 is 7.58. The molecule has 2 aliphatic rings. The minimum atomic E-state index is 0.166. The van der Waals surface area contributed by atoms with Gasteiger partial charge in [0.05, 0.1) is 11.6 Å². The smallest absolute Gasteiger partial charge is 0.255 e. The van der Waals surface area contributed by atoms with E-state index in [1.54, 1.807) is 0 Å². The van der Waals surface area contributed by atoms with Gasteiger partial charge >= 0.3 is 0 Å². The Bertz CT molecular complexity index is 745. The molecule has 2 aliphatic heterocycles. The Morgan fingerprint density at radius 3 is 3.14 bits per heavy atom. The molecule has 0 saturated carbocycles. The molecule has 0 aliphatic carbocycles. The highest BCUT2D eigenvalue weighted by Crippen LogP contribution is 2.24. The van der Waals surface area contributed by atoms with Crippen LogP contribution >= 0.6 is 0 Å². The van der Waals surface area contributed by atoms with Crippen molar-refractivity contribution < 1.29 is 4.74 Å². The van der Waals surface area contributed by atoms with Gasteiger partial charge in [0.2, 0.25) is 0 Å². The Morgan fingerprint density at radius 2 is 2.27 bits per heavy atom. The van der Waals surface area contributed by atoms with E-state index >= 15 is 0 Å². The quantitative estimate of drug-likeness (QED) is 0.941. The molecule has 1 saturated heterocycles. The Morgan fingerprint density at radius 1 is 1.32 bits per heavy atom. The number of aromatic nitrogens is 1. The van der Waals surface area contributed by atoms with E-state index in [1.165, 1.54) is 10.9 Å². The highest BCUT2D eigenvalue weighted by atomic mass is 16.5. The van der Waals surface area contributed by atoms with Crippen LogP contribution < -0.4 is 10.9 Å². The molecule has 116 valence electrons. The van der Waals surface area contributed by atoms with Gasteiger partial charge in [-0.25, -0.2) is 0 Å². The second-order valence-electron chi connectivity index (χ2n) is 6.35. The number of hydrogen-bond donors (Lipinski definition) is 1. The third-order valence-corrected chi connectivity index (χ3v) is 4.81. The largest absolute Gasteiger partial charge is 0.377 e. The topological polar surface area (TPSA) is 43.3 Å². The van der Waals surface area contributed by atoms with Crippen LogP contribution in [0.2, 0.25) is 0 Å². The van der Waals surface area contributed by atoms with Crippen LogP contribution in [-0.4, -0.2) is 23.8 Å². The number of para-hydroxylation sites is 1. The van der Waals surface area contributed by atoms with Crippen LogP contribution in [0.25, 0.3) is 10.9 Å². The molecule has 3 heterocycles. The molecule has 4 rings (SSSR count). The summed E-state index contributed by atoms with van der Waals surface area (Å²) in [5.74, 6) is 0. The first-order valence-corrected chi connectivity index (χ1v) is 8.29. The average Bonchev–Trinajstić information content (AvgIpc) is 3.05. The fourth-order valence-corrected chi connectivity index (χ4v) is 3.72. The third kappa shape index (κ3) is 2.46. The lowest BCUT2D eigenvalue weighted by molar-refractivity contribution is 0.110. The lowest BCUT2D eigenvalue weighted by Crippen LogP contribution is -2.32. The van der Waals surface area contributed by atoms with Crippen LogP contribution in [0.4, 0.5) is 0 Å². The fourth-order valence-electron chi connectivity index (χ4n) is 3.72. The molecular weight excluding hydrogens is 276 g/mol. The summed E-state index contributed by atoms with van der Waals surface area (Å²) in [5, 5.41) is 4.58. The zero-order chi connectivity index (χ0) is 14.9. The molecule has 1 atom stereocenters. The molecule has 4 nitrogen and oxygen atoms in total.